The number of nitrogens with zero attached hydrogens (tertiary/aromatic N) is 3. The zero-order valence-electron chi connectivity index (χ0n) is 15.8. The number of aromatic hydroxyl groups is 1. The average Bonchev–Trinajstić information content (AvgIpc) is 2.94. The molecule has 0 bridgehead atoms. The minimum absolute atomic E-state index is 0.00249. The van der Waals surface area contributed by atoms with Crippen molar-refractivity contribution >= 4 is 11.8 Å². The van der Waals surface area contributed by atoms with Crippen LogP contribution in [0.2, 0.25) is 0 Å². The third-order valence-electron chi connectivity index (χ3n) is 4.35. The normalized spacial score (nSPS) is 13.0. The third-order valence-corrected chi connectivity index (χ3v) is 5.08. The van der Waals surface area contributed by atoms with Crippen LogP contribution in [0.3, 0.4) is 0 Å². The Balaban J connectivity index is 2.00. The molecule has 0 radical (unpaired) electrons. The first-order valence-electron chi connectivity index (χ1n) is 8.94. The van der Waals surface area contributed by atoms with Crippen molar-refractivity contribution in [1.82, 2.24) is 14.1 Å². The molecule has 0 aliphatic heterocycles. The molecule has 5 nitrogen and oxygen atoms in total. The van der Waals surface area contributed by atoms with E-state index in [1.54, 1.807) is 12.4 Å². The highest BCUT2D eigenvalue weighted by atomic mass is 32.2. The molecule has 1 aromatic carbocycles. The molecule has 2 heterocycles. The molecular formula is C20H20F3N3O2S. The van der Waals surface area contributed by atoms with E-state index in [0.717, 1.165) is 10.1 Å². The largest absolute Gasteiger partial charge is 0.493 e. The first-order valence-corrected chi connectivity index (χ1v) is 9.76. The Morgan fingerprint density at radius 3 is 2.28 bits per heavy atom. The van der Waals surface area contributed by atoms with Crippen LogP contribution < -0.4 is 5.69 Å². The molecule has 154 valence electrons. The first-order chi connectivity index (χ1) is 13.7. The molecule has 1 N–H and O–H groups in total. The molecule has 0 saturated carbocycles. The van der Waals surface area contributed by atoms with Crippen LogP contribution in [0.1, 0.15) is 31.9 Å². The minimum atomic E-state index is -4.39. The Morgan fingerprint density at radius 2 is 1.72 bits per heavy atom. The number of alkyl halides is 3. The van der Waals surface area contributed by atoms with Crippen LogP contribution in [0.4, 0.5) is 13.2 Å². The highest BCUT2D eigenvalue weighted by Gasteiger charge is 2.29. The van der Waals surface area contributed by atoms with E-state index >= 15 is 0 Å². The second-order valence-electron chi connectivity index (χ2n) is 6.98. The van der Waals surface area contributed by atoms with Crippen molar-refractivity contribution in [2.45, 2.75) is 36.7 Å². The van der Waals surface area contributed by atoms with Crippen molar-refractivity contribution in [3.63, 3.8) is 0 Å². The summed E-state index contributed by atoms with van der Waals surface area (Å²) in [5.41, 5.74) is -3.69. The Labute approximate surface area is 169 Å². The van der Waals surface area contributed by atoms with Crippen molar-refractivity contribution in [1.29, 1.82) is 0 Å². The summed E-state index contributed by atoms with van der Waals surface area (Å²) in [5.74, 6) is -0.00160. The van der Waals surface area contributed by atoms with Crippen LogP contribution >= 0.6 is 11.8 Å². The van der Waals surface area contributed by atoms with Gasteiger partial charge in [-0.2, -0.15) is 13.2 Å². The van der Waals surface area contributed by atoms with Gasteiger partial charge in [0.25, 0.3) is 0 Å². The number of thioether (sulfide) groups is 1. The van der Waals surface area contributed by atoms with Crippen molar-refractivity contribution in [3.8, 4) is 11.6 Å². The summed E-state index contributed by atoms with van der Waals surface area (Å²) < 4.78 is 40.1. The Bertz CT molecular complexity index is 1010. The maximum absolute atomic E-state index is 13.1. The fourth-order valence-electron chi connectivity index (χ4n) is 3.16. The lowest BCUT2D eigenvalue weighted by Crippen LogP contribution is -2.28. The summed E-state index contributed by atoms with van der Waals surface area (Å²) in [5, 5.41) is 10.4. The van der Waals surface area contributed by atoms with Crippen LogP contribution in [0.15, 0.2) is 64.7 Å². The van der Waals surface area contributed by atoms with E-state index in [2.05, 4.69) is 4.98 Å². The molecular weight excluding hydrogens is 403 g/mol. The second kappa shape index (κ2) is 8.36. The molecule has 0 saturated heterocycles. The minimum Gasteiger partial charge on any atom is -0.493 e. The lowest BCUT2D eigenvalue weighted by molar-refractivity contribution is -0.0328. The van der Waals surface area contributed by atoms with E-state index in [9.17, 15) is 23.1 Å². The van der Waals surface area contributed by atoms with E-state index < -0.39 is 11.2 Å². The van der Waals surface area contributed by atoms with Gasteiger partial charge in [-0.25, -0.2) is 9.36 Å². The molecule has 3 rings (SSSR count). The fraction of sp³-hybridized carbons (Fsp3) is 0.300. The number of hydrogen-bond acceptors (Lipinski definition) is 4. The molecule has 2 aromatic heterocycles. The summed E-state index contributed by atoms with van der Waals surface area (Å²) in [6.45, 7) is 4.07. The van der Waals surface area contributed by atoms with Crippen LogP contribution in [0, 0.1) is 5.92 Å². The van der Waals surface area contributed by atoms with E-state index in [1.807, 2.05) is 26.0 Å². The van der Waals surface area contributed by atoms with Gasteiger partial charge in [0.15, 0.2) is 0 Å². The molecule has 1 unspecified atom stereocenters. The van der Waals surface area contributed by atoms with Crippen molar-refractivity contribution in [3.05, 3.63) is 71.0 Å². The molecule has 9 heteroatoms. The number of halogens is 3. The van der Waals surface area contributed by atoms with Gasteiger partial charge >= 0.3 is 11.2 Å². The van der Waals surface area contributed by atoms with Crippen LogP contribution in [0.5, 0.6) is 5.88 Å². The van der Waals surface area contributed by atoms with E-state index in [1.165, 1.54) is 35.0 Å². The summed E-state index contributed by atoms with van der Waals surface area (Å²) >= 11 is -0.234. The smallest absolute Gasteiger partial charge is 0.446 e. The number of benzene rings is 1. The molecule has 29 heavy (non-hydrogen) atoms. The molecule has 0 aliphatic rings. The Kier molecular flexibility index (Phi) is 6.07. The number of imidazole rings is 1. The molecule has 1 atom stereocenters. The first kappa shape index (κ1) is 21.0. The lowest BCUT2D eigenvalue weighted by atomic mass is 9.98. The molecule has 0 spiro atoms. The maximum Gasteiger partial charge on any atom is 0.446 e. The maximum atomic E-state index is 13.1. The Morgan fingerprint density at radius 1 is 1.10 bits per heavy atom. The van der Waals surface area contributed by atoms with Gasteiger partial charge < -0.3 is 5.11 Å². The predicted octanol–water partition coefficient (Wildman–Crippen LogP) is 4.99. The van der Waals surface area contributed by atoms with Gasteiger partial charge in [-0.3, -0.25) is 9.55 Å². The number of pyridine rings is 1. The summed E-state index contributed by atoms with van der Waals surface area (Å²) in [4.78, 5) is 17.1. The van der Waals surface area contributed by atoms with Gasteiger partial charge in [-0.1, -0.05) is 13.8 Å². The van der Waals surface area contributed by atoms with Crippen molar-refractivity contribution in [2.75, 3.05) is 0 Å². The SMILES string of the molecule is CC(C)CC(c1ccncc1)n1cc(O)n(-c2ccc(SC(F)(F)F)cc2)c1=O. The van der Waals surface area contributed by atoms with E-state index in [4.69, 9.17) is 0 Å². The van der Waals surface area contributed by atoms with Crippen molar-refractivity contribution in [2.24, 2.45) is 5.92 Å². The molecule has 0 aliphatic carbocycles. The number of aromatic nitrogens is 3. The van der Waals surface area contributed by atoms with Gasteiger partial charge in [0, 0.05) is 17.3 Å². The van der Waals surface area contributed by atoms with Crippen LogP contribution in [0.25, 0.3) is 5.69 Å². The fourth-order valence-corrected chi connectivity index (χ4v) is 3.70. The lowest BCUT2D eigenvalue weighted by Gasteiger charge is -2.20. The summed E-state index contributed by atoms with van der Waals surface area (Å²) in [6.07, 6.45) is 5.30. The summed E-state index contributed by atoms with van der Waals surface area (Å²) in [7, 11) is 0. The molecule has 0 amide bonds. The standard InChI is InChI=1S/C20H20F3N3O2S/c1-13(2)11-17(14-7-9-24-10-8-14)25-12-18(27)26(19(25)28)15-3-5-16(6-4-15)29-20(21,22)23/h3-10,12-13,17,27H,11H2,1-2H3. The zero-order valence-corrected chi connectivity index (χ0v) is 16.6. The van der Waals surface area contributed by atoms with Crippen LogP contribution in [-0.4, -0.2) is 24.7 Å². The third kappa shape index (κ3) is 5.03. The highest BCUT2D eigenvalue weighted by molar-refractivity contribution is 8.00. The topological polar surface area (TPSA) is 60.0 Å². The van der Waals surface area contributed by atoms with Gasteiger partial charge in [0.05, 0.1) is 17.9 Å². The predicted molar refractivity (Wildman–Crippen MR) is 105 cm³/mol. The number of hydrogen-bond donors (Lipinski definition) is 1. The Hall–Kier alpha value is -2.68. The summed E-state index contributed by atoms with van der Waals surface area (Å²) in [6, 6.07) is 8.62. The second-order valence-corrected chi connectivity index (χ2v) is 8.12. The van der Waals surface area contributed by atoms with Gasteiger partial charge in [0.1, 0.15) is 0 Å². The molecule has 0 fully saturated rings. The van der Waals surface area contributed by atoms with E-state index in [0.29, 0.717) is 6.42 Å². The highest BCUT2D eigenvalue weighted by Crippen LogP contribution is 2.37. The number of rotatable bonds is 6. The van der Waals surface area contributed by atoms with Gasteiger partial charge in [-0.05, 0) is 66.1 Å². The van der Waals surface area contributed by atoms with Gasteiger partial charge in [0.2, 0.25) is 5.88 Å². The molecule has 3 aromatic rings. The average molecular weight is 423 g/mol. The van der Waals surface area contributed by atoms with E-state index in [-0.39, 0.29) is 40.2 Å². The quantitative estimate of drug-likeness (QED) is 0.568. The monoisotopic (exact) mass is 423 g/mol. The van der Waals surface area contributed by atoms with Crippen LogP contribution in [-0.2, 0) is 0 Å². The zero-order chi connectivity index (χ0) is 21.2. The van der Waals surface area contributed by atoms with Gasteiger partial charge in [-0.15, -0.1) is 0 Å². The van der Waals surface area contributed by atoms with Crippen molar-refractivity contribution < 1.29 is 18.3 Å².